The van der Waals surface area contributed by atoms with Crippen LogP contribution in [0.2, 0.25) is 0 Å². The molecule has 0 aromatic heterocycles. The molecular formula is C24H27N3O4S. The van der Waals surface area contributed by atoms with Crippen LogP contribution in [-0.4, -0.2) is 64.0 Å². The van der Waals surface area contributed by atoms with E-state index in [2.05, 4.69) is 10.6 Å². The quantitative estimate of drug-likeness (QED) is 0.621. The third-order valence-corrected chi connectivity index (χ3v) is 9.12. The van der Waals surface area contributed by atoms with Crippen molar-refractivity contribution in [3.63, 3.8) is 0 Å². The fourth-order valence-electron chi connectivity index (χ4n) is 5.88. The Balaban J connectivity index is 1.49. The molecule has 7 nitrogen and oxygen atoms in total. The number of rotatable bonds is 6. The molecule has 3 amide bonds. The molecule has 168 valence electrons. The van der Waals surface area contributed by atoms with Gasteiger partial charge in [0.25, 0.3) is 0 Å². The van der Waals surface area contributed by atoms with Gasteiger partial charge in [-0.05, 0) is 42.2 Å². The average Bonchev–Trinajstić information content (AvgIpc) is 3.44. The number of likely N-dealkylation sites (tertiary alicyclic amines) is 1. The zero-order valence-corrected chi connectivity index (χ0v) is 18.7. The Hall–Kier alpha value is -2.58. The minimum atomic E-state index is -0.664. The highest BCUT2D eigenvalue weighted by Gasteiger charge is 2.73. The van der Waals surface area contributed by atoms with Gasteiger partial charge in [0.15, 0.2) is 0 Å². The van der Waals surface area contributed by atoms with Crippen LogP contribution in [0.1, 0.15) is 19.3 Å². The number of aliphatic hydroxyl groups excluding tert-OH is 1. The number of nitrogens with zero attached hydrogens (tertiary/aromatic N) is 1. The second-order valence-electron chi connectivity index (χ2n) is 8.83. The Morgan fingerprint density at radius 2 is 1.97 bits per heavy atom. The van der Waals surface area contributed by atoms with E-state index in [9.17, 15) is 19.5 Å². The molecule has 0 saturated carbocycles. The molecule has 32 heavy (non-hydrogen) atoms. The second-order valence-corrected chi connectivity index (χ2v) is 10.4. The molecule has 2 unspecified atom stereocenters. The topological polar surface area (TPSA) is 98.7 Å². The van der Waals surface area contributed by atoms with Gasteiger partial charge in [-0.25, -0.2) is 0 Å². The van der Waals surface area contributed by atoms with Gasteiger partial charge in [0.1, 0.15) is 6.04 Å². The first-order valence-electron chi connectivity index (χ1n) is 11.1. The largest absolute Gasteiger partial charge is 0.396 e. The summed E-state index contributed by atoms with van der Waals surface area (Å²) >= 11 is 1.65. The summed E-state index contributed by atoms with van der Waals surface area (Å²) in [5.74, 6) is -1.40. The Kier molecular flexibility index (Phi) is 5.37. The van der Waals surface area contributed by atoms with Gasteiger partial charge in [0, 0.05) is 31.1 Å². The molecule has 2 bridgehead atoms. The first kappa shape index (κ1) is 21.3. The third-order valence-electron chi connectivity index (χ3n) is 7.17. The van der Waals surface area contributed by atoms with Crippen LogP contribution < -0.4 is 10.6 Å². The molecule has 2 aromatic rings. The number of hydrogen-bond donors (Lipinski definition) is 3. The molecule has 2 aromatic carbocycles. The Bertz CT molecular complexity index is 1090. The van der Waals surface area contributed by atoms with Crippen LogP contribution in [0.15, 0.2) is 42.5 Å². The molecule has 5 atom stereocenters. The van der Waals surface area contributed by atoms with Crippen molar-refractivity contribution in [3.8, 4) is 0 Å². The van der Waals surface area contributed by atoms with Gasteiger partial charge < -0.3 is 20.6 Å². The highest BCUT2D eigenvalue weighted by molar-refractivity contribution is 8.02. The number of aliphatic hydroxyl groups is 1. The van der Waals surface area contributed by atoms with E-state index in [1.165, 1.54) is 0 Å². The first-order chi connectivity index (χ1) is 15.5. The van der Waals surface area contributed by atoms with Gasteiger partial charge in [0.05, 0.1) is 16.6 Å². The van der Waals surface area contributed by atoms with Gasteiger partial charge in [-0.3, -0.25) is 14.4 Å². The van der Waals surface area contributed by atoms with Crippen molar-refractivity contribution in [2.24, 2.45) is 11.8 Å². The predicted molar refractivity (Wildman–Crippen MR) is 124 cm³/mol. The average molecular weight is 454 g/mol. The number of carbonyl (C=O) groups is 3. The highest BCUT2D eigenvalue weighted by Crippen LogP contribution is 2.66. The lowest BCUT2D eigenvalue weighted by molar-refractivity contribution is -0.139. The number of carbonyl (C=O) groups excluding carboxylic acids is 3. The fourth-order valence-corrected chi connectivity index (χ4v) is 8.10. The van der Waals surface area contributed by atoms with E-state index in [4.69, 9.17) is 0 Å². The Labute approximate surface area is 190 Å². The zero-order chi connectivity index (χ0) is 22.5. The van der Waals surface area contributed by atoms with Crippen LogP contribution in [0.5, 0.6) is 0 Å². The number of thioether (sulfide) groups is 1. The summed E-state index contributed by atoms with van der Waals surface area (Å²) in [7, 11) is 1.60. The van der Waals surface area contributed by atoms with Crippen molar-refractivity contribution in [1.29, 1.82) is 0 Å². The van der Waals surface area contributed by atoms with E-state index in [1.54, 1.807) is 23.7 Å². The van der Waals surface area contributed by atoms with E-state index >= 15 is 0 Å². The van der Waals surface area contributed by atoms with Crippen LogP contribution in [0.25, 0.3) is 10.8 Å². The number of amides is 3. The molecule has 3 aliphatic heterocycles. The number of nitrogens with one attached hydrogen (secondary N) is 2. The molecule has 0 aliphatic carbocycles. The summed E-state index contributed by atoms with van der Waals surface area (Å²) in [5.41, 5.74) is 0.684. The van der Waals surface area contributed by atoms with Crippen molar-refractivity contribution in [2.45, 2.75) is 35.3 Å². The second kappa shape index (κ2) is 8.08. The summed E-state index contributed by atoms with van der Waals surface area (Å²) in [6.45, 7) is 0.240. The summed E-state index contributed by atoms with van der Waals surface area (Å²) < 4.78 is -0.602. The maximum absolute atomic E-state index is 13.7. The molecule has 0 radical (unpaired) electrons. The van der Waals surface area contributed by atoms with Crippen LogP contribution >= 0.6 is 11.8 Å². The van der Waals surface area contributed by atoms with Crippen molar-refractivity contribution in [2.75, 3.05) is 25.5 Å². The van der Waals surface area contributed by atoms with E-state index < -0.39 is 22.6 Å². The number of anilines is 1. The molecule has 3 heterocycles. The van der Waals surface area contributed by atoms with Gasteiger partial charge >= 0.3 is 0 Å². The molecule has 3 N–H and O–H groups in total. The summed E-state index contributed by atoms with van der Waals surface area (Å²) in [6, 6.07) is 13.0. The summed E-state index contributed by atoms with van der Waals surface area (Å²) in [4.78, 5) is 41.5. The molecule has 8 heteroatoms. The van der Waals surface area contributed by atoms with E-state index in [1.807, 2.05) is 42.5 Å². The smallest absolute Gasteiger partial charge is 0.248 e. The monoisotopic (exact) mass is 453 g/mol. The molecule has 5 rings (SSSR count). The lowest BCUT2D eigenvalue weighted by Crippen LogP contribution is -2.51. The van der Waals surface area contributed by atoms with Crippen LogP contribution in [0.4, 0.5) is 5.69 Å². The van der Waals surface area contributed by atoms with Gasteiger partial charge in [0.2, 0.25) is 17.7 Å². The van der Waals surface area contributed by atoms with Crippen molar-refractivity contribution in [1.82, 2.24) is 10.2 Å². The summed E-state index contributed by atoms with van der Waals surface area (Å²) in [5, 5.41) is 17.3. The number of benzene rings is 2. The van der Waals surface area contributed by atoms with E-state index in [0.717, 1.165) is 23.6 Å². The Morgan fingerprint density at radius 1 is 1.19 bits per heavy atom. The lowest BCUT2D eigenvalue weighted by Gasteiger charge is -2.34. The lowest BCUT2D eigenvalue weighted by atomic mass is 9.71. The molecule has 1 spiro atoms. The molecule has 3 aliphatic rings. The number of hydrogen-bond acceptors (Lipinski definition) is 5. The minimum Gasteiger partial charge on any atom is -0.396 e. The normalized spacial score (nSPS) is 30.6. The maximum Gasteiger partial charge on any atom is 0.248 e. The number of fused-ring (bicyclic) bond motifs is 2. The standard InChI is InChI=1S/C24H27N3O4S/c1-25-21(29)18-17-9-10-24(32-17)19(18)23(31)27(11-4-12-28)20(24)22(30)26-16-8-7-14-5-2-3-6-15(14)13-16/h2-3,5-8,13,17-20,28H,4,9-12H2,1H3,(H,25,29)(H,26,30)/t17-,18+,19+,20?,24?/m1/s1. The van der Waals surface area contributed by atoms with Crippen LogP contribution in [0.3, 0.4) is 0 Å². The van der Waals surface area contributed by atoms with Gasteiger partial charge in [-0.2, -0.15) is 0 Å². The van der Waals surface area contributed by atoms with Crippen molar-refractivity contribution < 1.29 is 19.5 Å². The van der Waals surface area contributed by atoms with Gasteiger partial charge in [-0.15, -0.1) is 11.8 Å². The van der Waals surface area contributed by atoms with E-state index in [-0.39, 0.29) is 29.6 Å². The van der Waals surface area contributed by atoms with Crippen molar-refractivity contribution in [3.05, 3.63) is 42.5 Å². The maximum atomic E-state index is 13.7. The molecule has 3 saturated heterocycles. The third kappa shape index (κ3) is 3.11. The summed E-state index contributed by atoms with van der Waals surface area (Å²) in [6.07, 6.45) is 1.95. The van der Waals surface area contributed by atoms with E-state index in [0.29, 0.717) is 18.7 Å². The first-order valence-corrected chi connectivity index (χ1v) is 12.0. The highest BCUT2D eigenvalue weighted by atomic mass is 32.2. The predicted octanol–water partition coefficient (Wildman–Crippen LogP) is 2.00. The van der Waals surface area contributed by atoms with Gasteiger partial charge in [-0.1, -0.05) is 30.3 Å². The fraction of sp³-hybridized carbons (Fsp3) is 0.458. The minimum absolute atomic E-state index is 0.0554. The van der Waals surface area contributed by atoms with Crippen LogP contribution in [0, 0.1) is 11.8 Å². The molecular weight excluding hydrogens is 426 g/mol. The Morgan fingerprint density at radius 3 is 2.72 bits per heavy atom. The molecule has 3 fully saturated rings. The van der Waals surface area contributed by atoms with Crippen molar-refractivity contribution >= 4 is 45.9 Å². The van der Waals surface area contributed by atoms with Crippen LogP contribution in [-0.2, 0) is 14.4 Å². The zero-order valence-electron chi connectivity index (χ0n) is 17.9. The SMILES string of the molecule is CNC(=O)[C@@H]1[C@H]2C(=O)N(CCCO)C(C(=O)Nc3ccc4ccccc4c3)C23CC[C@H]1S3.